The Labute approximate surface area is 110 Å². The Kier molecular flexibility index (Phi) is 3.90. The van der Waals surface area contributed by atoms with Gasteiger partial charge in [0.2, 0.25) is 11.7 Å². The first-order valence-electron chi connectivity index (χ1n) is 5.63. The molecule has 0 fully saturated rings. The van der Waals surface area contributed by atoms with Gasteiger partial charge in [0.05, 0.1) is 24.4 Å². The van der Waals surface area contributed by atoms with Crippen LogP contribution in [-0.2, 0) is 6.54 Å². The molecule has 0 saturated heterocycles. The van der Waals surface area contributed by atoms with E-state index in [1.54, 1.807) is 31.3 Å². The molecule has 19 heavy (non-hydrogen) atoms. The van der Waals surface area contributed by atoms with Crippen LogP contribution in [0.3, 0.4) is 0 Å². The first-order chi connectivity index (χ1) is 9.22. The molecule has 6 nitrogen and oxygen atoms in total. The molecule has 0 aliphatic carbocycles. The minimum absolute atomic E-state index is 0.148. The number of oxazole rings is 1. The summed E-state index contributed by atoms with van der Waals surface area (Å²) in [5, 5.41) is 14.2. The molecule has 2 aromatic rings. The molecule has 0 aliphatic heterocycles. The van der Waals surface area contributed by atoms with Crippen molar-refractivity contribution in [3.63, 3.8) is 0 Å². The first kappa shape index (κ1) is 12.8. The van der Waals surface area contributed by atoms with Gasteiger partial charge in [0.1, 0.15) is 0 Å². The van der Waals surface area contributed by atoms with Crippen molar-refractivity contribution in [1.29, 1.82) is 5.26 Å². The molecule has 0 spiro atoms. The fourth-order valence-corrected chi connectivity index (χ4v) is 1.47. The molecule has 0 atom stereocenters. The number of anilines is 1. The zero-order valence-corrected chi connectivity index (χ0v) is 10.3. The molecule has 0 saturated carbocycles. The Morgan fingerprint density at radius 2 is 2.16 bits per heavy atom. The molecule has 1 aromatic heterocycles. The number of amides is 1. The fraction of sp³-hybridized carbons (Fsp3) is 0.154. The van der Waals surface area contributed by atoms with Crippen molar-refractivity contribution in [1.82, 2.24) is 10.3 Å². The summed E-state index contributed by atoms with van der Waals surface area (Å²) in [6, 6.07) is 8.57. The summed E-state index contributed by atoms with van der Waals surface area (Å²) in [5.74, 6) is 0.224. The van der Waals surface area contributed by atoms with Crippen LogP contribution in [0.2, 0.25) is 0 Å². The summed E-state index contributed by atoms with van der Waals surface area (Å²) >= 11 is 0. The number of nitrogens with zero attached hydrogens (tertiary/aromatic N) is 2. The highest BCUT2D eigenvalue weighted by molar-refractivity contribution is 6.02. The maximum atomic E-state index is 11.9. The van der Waals surface area contributed by atoms with Crippen LogP contribution in [0.5, 0.6) is 0 Å². The van der Waals surface area contributed by atoms with Crippen molar-refractivity contribution in [3.8, 4) is 6.07 Å². The topological polar surface area (TPSA) is 91.0 Å². The average molecular weight is 256 g/mol. The summed E-state index contributed by atoms with van der Waals surface area (Å²) < 4.78 is 5.26. The molecule has 0 bridgehead atoms. The standard InChI is InChI=1S/C13H12N4O2/c1-15-8-12-16-7-11(19-12)13(18)17-10-4-2-9(6-14)3-5-10/h2-5,7,15H,8H2,1H3,(H,17,18). The zero-order chi connectivity index (χ0) is 13.7. The number of nitriles is 1. The highest BCUT2D eigenvalue weighted by Crippen LogP contribution is 2.11. The van der Waals surface area contributed by atoms with Crippen LogP contribution in [0.4, 0.5) is 5.69 Å². The van der Waals surface area contributed by atoms with Crippen LogP contribution in [-0.4, -0.2) is 17.9 Å². The number of rotatable bonds is 4. The van der Waals surface area contributed by atoms with E-state index in [0.717, 1.165) is 0 Å². The molecule has 0 unspecified atom stereocenters. The normalized spacial score (nSPS) is 9.89. The second kappa shape index (κ2) is 5.80. The highest BCUT2D eigenvalue weighted by Gasteiger charge is 2.12. The molecule has 96 valence electrons. The summed E-state index contributed by atoms with van der Waals surface area (Å²) in [6.07, 6.45) is 1.38. The lowest BCUT2D eigenvalue weighted by molar-refractivity contribution is 0.0994. The van der Waals surface area contributed by atoms with Crippen LogP contribution in [0.25, 0.3) is 0 Å². The van der Waals surface area contributed by atoms with Gasteiger partial charge in [0.15, 0.2) is 0 Å². The molecule has 0 radical (unpaired) electrons. The second-order valence-electron chi connectivity index (χ2n) is 3.79. The summed E-state index contributed by atoms with van der Waals surface area (Å²) in [7, 11) is 1.76. The van der Waals surface area contributed by atoms with Crippen LogP contribution in [0.1, 0.15) is 22.0 Å². The molecule has 0 aliphatic rings. The van der Waals surface area contributed by atoms with Gasteiger partial charge in [0.25, 0.3) is 5.91 Å². The smallest absolute Gasteiger partial charge is 0.293 e. The number of nitrogens with one attached hydrogen (secondary N) is 2. The maximum absolute atomic E-state index is 11.9. The van der Waals surface area contributed by atoms with Gasteiger partial charge in [0, 0.05) is 5.69 Å². The molecule has 6 heteroatoms. The first-order valence-corrected chi connectivity index (χ1v) is 5.63. The molecule has 1 aromatic carbocycles. The molecular formula is C13H12N4O2. The van der Waals surface area contributed by atoms with Crippen molar-refractivity contribution >= 4 is 11.6 Å². The minimum Gasteiger partial charge on any atom is -0.434 e. The lowest BCUT2D eigenvalue weighted by Gasteiger charge is -2.02. The highest BCUT2D eigenvalue weighted by atomic mass is 16.4. The molecule has 2 N–H and O–H groups in total. The van der Waals surface area contributed by atoms with Crippen molar-refractivity contribution in [2.24, 2.45) is 0 Å². The monoisotopic (exact) mass is 256 g/mol. The molecule has 2 rings (SSSR count). The van der Waals surface area contributed by atoms with Gasteiger partial charge in [-0.15, -0.1) is 0 Å². The molecule has 1 heterocycles. The van der Waals surface area contributed by atoms with Gasteiger partial charge < -0.3 is 15.1 Å². The van der Waals surface area contributed by atoms with Crippen molar-refractivity contribution in [2.75, 3.05) is 12.4 Å². The summed E-state index contributed by atoms with van der Waals surface area (Å²) in [6.45, 7) is 0.462. The van der Waals surface area contributed by atoms with E-state index in [-0.39, 0.29) is 11.7 Å². The van der Waals surface area contributed by atoms with Crippen molar-refractivity contribution in [2.45, 2.75) is 6.54 Å². The fourth-order valence-electron chi connectivity index (χ4n) is 1.47. The van der Waals surface area contributed by atoms with Crippen LogP contribution in [0.15, 0.2) is 34.9 Å². The Hall–Kier alpha value is -2.65. The van der Waals surface area contributed by atoms with Gasteiger partial charge >= 0.3 is 0 Å². The number of benzene rings is 1. The predicted molar refractivity (Wildman–Crippen MR) is 68.4 cm³/mol. The zero-order valence-electron chi connectivity index (χ0n) is 10.3. The largest absolute Gasteiger partial charge is 0.434 e. The third kappa shape index (κ3) is 3.18. The van der Waals surface area contributed by atoms with E-state index in [2.05, 4.69) is 15.6 Å². The number of hydrogen-bond donors (Lipinski definition) is 2. The van der Waals surface area contributed by atoms with Gasteiger partial charge in [-0.05, 0) is 31.3 Å². The average Bonchev–Trinajstić information content (AvgIpc) is 2.89. The summed E-state index contributed by atoms with van der Waals surface area (Å²) in [4.78, 5) is 15.8. The number of carbonyl (C=O) groups excluding carboxylic acids is 1. The van der Waals surface area contributed by atoms with Gasteiger partial charge in [-0.2, -0.15) is 5.26 Å². The van der Waals surface area contributed by atoms with E-state index in [1.807, 2.05) is 6.07 Å². The third-order valence-electron chi connectivity index (χ3n) is 2.38. The quantitative estimate of drug-likeness (QED) is 0.865. The van der Waals surface area contributed by atoms with Gasteiger partial charge in [-0.1, -0.05) is 0 Å². The van der Waals surface area contributed by atoms with Crippen LogP contribution >= 0.6 is 0 Å². The van der Waals surface area contributed by atoms with Crippen molar-refractivity contribution in [3.05, 3.63) is 47.7 Å². The maximum Gasteiger partial charge on any atom is 0.293 e. The van der Waals surface area contributed by atoms with E-state index in [4.69, 9.17) is 9.68 Å². The number of carbonyl (C=O) groups is 1. The van der Waals surface area contributed by atoms with Gasteiger partial charge in [-0.25, -0.2) is 4.98 Å². The predicted octanol–water partition coefficient (Wildman–Crippen LogP) is 1.52. The molecular weight excluding hydrogens is 244 g/mol. The third-order valence-corrected chi connectivity index (χ3v) is 2.38. The second-order valence-corrected chi connectivity index (χ2v) is 3.79. The Bertz CT molecular complexity index is 610. The summed E-state index contributed by atoms with van der Waals surface area (Å²) in [5.41, 5.74) is 1.13. The lowest BCUT2D eigenvalue weighted by atomic mass is 10.2. The number of aromatic nitrogens is 1. The van der Waals surface area contributed by atoms with Gasteiger partial charge in [-0.3, -0.25) is 4.79 Å². The van der Waals surface area contributed by atoms with Crippen molar-refractivity contribution < 1.29 is 9.21 Å². The van der Waals surface area contributed by atoms with E-state index in [1.165, 1.54) is 6.20 Å². The van der Waals surface area contributed by atoms with E-state index >= 15 is 0 Å². The number of hydrogen-bond acceptors (Lipinski definition) is 5. The Balaban J connectivity index is 2.05. The SMILES string of the molecule is CNCc1ncc(C(=O)Nc2ccc(C#N)cc2)o1. The van der Waals surface area contributed by atoms with Crippen LogP contribution in [0, 0.1) is 11.3 Å². The minimum atomic E-state index is -0.375. The van der Waals surface area contributed by atoms with E-state index < -0.39 is 0 Å². The van der Waals surface area contributed by atoms with E-state index in [0.29, 0.717) is 23.7 Å². The van der Waals surface area contributed by atoms with Crippen LogP contribution < -0.4 is 10.6 Å². The Morgan fingerprint density at radius 3 is 2.79 bits per heavy atom. The van der Waals surface area contributed by atoms with E-state index in [9.17, 15) is 4.79 Å². The lowest BCUT2D eigenvalue weighted by Crippen LogP contribution is -2.11. The molecule has 1 amide bonds. The Morgan fingerprint density at radius 1 is 1.42 bits per heavy atom.